The van der Waals surface area contributed by atoms with E-state index in [1.165, 1.54) is 19.1 Å². The van der Waals surface area contributed by atoms with Crippen molar-refractivity contribution in [2.24, 2.45) is 0 Å². The first-order valence-corrected chi connectivity index (χ1v) is 6.83. The first kappa shape index (κ1) is 12.9. The molecule has 0 bridgehead atoms. The predicted octanol–water partition coefficient (Wildman–Crippen LogP) is 1.20. The van der Waals surface area contributed by atoms with Crippen molar-refractivity contribution in [1.82, 2.24) is 5.32 Å². The summed E-state index contributed by atoms with van der Waals surface area (Å²) in [5, 5.41) is 2.88. The van der Waals surface area contributed by atoms with Crippen LogP contribution in [0.5, 0.6) is 0 Å². The maximum atomic E-state index is 11.0. The molecule has 0 radical (unpaired) electrons. The molecule has 0 rings (SSSR count). The highest BCUT2D eigenvalue weighted by molar-refractivity contribution is 7.91. The van der Waals surface area contributed by atoms with Crippen molar-refractivity contribution in [2.75, 3.05) is 19.3 Å². The number of hydrogen-bond acceptors (Lipinski definition) is 3. The van der Waals surface area contributed by atoms with E-state index < -0.39 is 9.84 Å². The summed E-state index contributed by atoms with van der Waals surface area (Å²) in [6.07, 6.45) is 4.82. The minimum Gasteiger partial charge on any atom is -0.315 e. The van der Waals surface area contributed by atoms with Crippen molar-refractivity contribution in [3.8, 4) is 0 Å². The van der Waals surface area contributed by atoms with Crippen molar-refractivity contribution < 1.29 is 8.42 Å². The first-order chi connectivity index (χ1) is 5.98. The van der Waals surface area contributed by atoms with E-state index in [9.17, 15) is 8.42 Å². The summed E-state index contributed by atoms with van der Waals surface area (Å²) in [5.74, 6) is 0. The molecule has 0 spiro atoms. The van der Waals surface area contributed by atoms with Crippen LogP contribution in [-0.2, 0) is 9.84 Å². The molecule has 0 aromatic rings. The van der Waals surface area contributed by atoms with Gasteiger partial charge < -0.3 is 5.32 Å². The topological polar surface area (TPSA) is 46.2 Å². The fraction of sp³-hybridized carbons (Fsp3) is 1.00. The van der Waals surface area contributed by atoms with Crippen LogP contribution in [-0.4, -0.2) is 33.0 Å². The molecule has 1 atom stereocenters. The van der Waals surface area contributed by atoms with Gasteiger partial charge in [-0.3, -0.25) is 0 Å². The van der Waals surface area contributed by atoms with Crippen LogP contribution in [0.15, 0.2) is 0 Å². The molecule has 0 saturated carbocycles. The van der Waals surface area contributed by atoms with Gasteiger partial charge in [-0.05, 0) is 19.9 Å². The minimum absolute atomic E-state index is 0.269. The second-order valence-electron chi connectivity index (χ2n) is 3.55. The third kappa shape index (κ3) is 7.02. The predicted molar refractivity (Wildman–Crippen MR) is 56.7 cm³/mol. The summed E-state index contributed by atoms with van der Waals surface area (Å²) >= 11 is 0. The third-order valence-electron chi connectivity index (χ3n) is 2.12. The van der Waals surface area contributed by atoms with Crippen LogP contribution in [0.4, 0.5) is 0 Å². The van der Waals surface area contributed by atoms with E-state index >= 15 is 0 Å². The second kappa shape index (κ2) is 6.38. The standard InChI is InChI=1S/C9H21NO2S/c1-4-5-6-7-10-8-9(2)13(3,11)12/h9-10H,4-8H2,1-3H3. The number of unbranched alkanes of at least 4 members (excludes halogenated alkanes) is 2. The third-order valence-corrected chi connectivity index (χ3v) is 3.75. The molecule has 1 N–H and O–H groups in total. The summed E-state index contributed by atoms with van der Waals surface area (Å²) in [6.45, 7) is 5.39. The lowest BCUT2D eigenvalue weighted by Crippen LogP contribution is -2.31. The normalized spacial score (nSPS) is 14.4. The highest BCUT2D eigenvalue weighted by Gasteiger charge is 2.13. The van der Waals surface area contributed by atoms with Gasteiger partial charge in [-0.1, -0.05) is 19.8 Å². The summed E-state index contributed by atoms with van der Waals surface area (Å²) in [4.78, 5) is 0. The molecule has 4 heteroatoms. The lowest BCUT2D eigenvalue weighted by atomic mass is 10.2. The van der Waals surface area contributed by atoms with Crippen LogP contribution in [0.1, 0.15) is 33.1 Å². The number of hydrogen-bond donors (Lipinski definition) is 1. The smallest absolute Gasteiger partial charge is 0.151 e. The highest BCUT2D eigenvalue weighted by atomic mass is 32.2. The Labute approximate surface area is 81.8 Å². The van der Waals surface area contributed by atoms with E-state index in [1.54, 1.807) is 6.92 Å². The molecular weight excluding hydrogens is 186 g/mol. The molecule has 3 nitrogen and oxygen atoms in total. The molecule has 0 heterocycles. The van der Waals surface area contributed by atoms with E-state index in [2.05, 4.69) is 12.2 Å². The van der Waals surface area contributed by atoms with Gasteiger partial charge in [0.1, 0.15) is 0 Å². The lowest BCUT2D eigenvalue weighted by Gasteiger charge is -2.09. The summed E-state index contributed by atoms with van der Waals surface area (Å²) in [6, 6.07) is 0. The SMILES string of the molecule is CCCCCNCC(C)S(C)(=O)=O. The van der Waals surface area contributed by atoms with Gasteiger partial charge in [-0.2, -0.15) is 0 Å². The van der Waals surface area contributed by atoms with Gasteiger partial charge in [0.25, 0.3) is 0 Å². The van der Waals surface area contributed by atoms with Gasteiger partial charge in [0.05, 0.1) is 5.25 Å². The van der Waals surface area contributed by atoms with E-state index in [-0.39, 0.29) is 5.25 Å². The zero-order chi connectivity index (χ0) is 10.3. The van der Waals surface area contributed by atoms with Gasteiger partial charge in [-0.15, -0.1) is 0 Å². The van der Waals surface area contributed by atoms with E-state index in [0.29, 0.717) is 6.54 Å². The van der Waals surface area contributed by atoms with E-state index in [4.69, 9.17) is 0 Å². The molecule has 1 unspecified atom stereocenters. The Kier molecular flexibility index (Phi) is 6.33. The van der Waals surface area contributed by atoms with Crippen LogP contribution in [0.25, 0.3) is 0 Å². The molecule has 0 aromatic heterocycles. The van der Waals surface area contributed by atoms with Gasteiger partial charge >= 0.3 is 0 Å². The maximum Gasteiger partial charge on any atom is 0.151 e. The van der Waals surface area contributed by atoms with E-state index in [0.717, 1.165) is 13.0 Å². The summed E-state index contributed by atoms with van der Waals surface area (Å²) < 4.78 is 22.0. The Morgan fingerprint density at radius 1 is 1.31 bits per heavy atom. The van der Waals surface area contributed by atoms with Gasteiger partial charge in [0, 0.05) is 12.8 Å². The fourth-order valence-electron chi connectivity index (χ4n) is 0.957. The van der Waals surface area contributed by atoms with Crippen LogP contribution < -0.4 is 5.32 Å². The van der Waals surface area contributed by atoms with Crippen LogP contribution in [0.2, 0.25) is 0 Å². The Bertz CT molecular complexity index is 212. The molecular formula is C9H21NO2S. The summed E-state index contributed by atoms with van der Waals surface area (Å²) in [5.41, 5.74) is 0. The molecule has 0 aromatic carbocycles. The average molecular weight is 207 g/mol. The molecule has 0 fully saturated rings. The molecule has 0 aliphatic heterocycles. The molecule has 0 aliphatic rings. The fourth-order valence-corrected chi connectivity index (χ4v) is 1.38. The second-order valence-corrected chi connectivity index (χ2v) is 6.02. The quantitative estimate of drug-likeness (QED) is 0.638. The van der Waals surface area contributed by atoms with E-state index in [1.807, 2.05) is 0 Å². The Morgan fingerprint density at radius 3 is 2.38 bits per heavy atom. The van der Waals surface area contributed by atoms with Crippen molar-refractivity contribution in [3.05, 3.63) is 0 Å². The molecule has 0 aliphatic carbocycles. The largest absolute Gasteiger partial charge is 0.315 e. The molecule has 80 valence electrons. The molecule has 0 amide bonds. The van der Waals surface area contributed by atoms with Crippen LogP contribution in [0, 0.1) is 0 Å². The van der Waals surface area contributed by atoms with Crippen molar-refractivity contribution >= 4 is 9.84 Å². The monoisotopic (exact) mass is 207 g/mol. The Hall–Kier alpha value is -0.0900. The first-order valence-electron chi connectivity index (χ1n) is 4.88. The van der Waals surface area contributed by atoms with Crippen LogP contribution in [0.3, 0.4) is 0 Å². The Balaban J connectivity index is 3.44. The molecule has 13 heavy (non-hydrogen) atoms. The molecule has 0 saturated heterocycles. The van der Waals surface area contributed by atoms with Gasteiger partial charge in [-0.25, -0.2) is 8.42 Å². The Morgan fingerprint density at radius 2 is 1.92 bits per heavy atom. The van der Waals surface area contributed by atoms with Crippen LogP contribution >= 0.6 is 0 Å². The number of rotatable bonds is 7. The maximum absolute atomic E-state index is 11.0. The lowest BCUT2D eigenvalue weighted by molar-refractivity contribution is 0.569. The number of sulfone groups is 1. The zero-order valence-corrected chi connectivity index (χ0v) is 9.65. The summed E-state index contributed by atoms with van der Waals surface area (Å²) in [7, 11) is -2.86. The van der Waals surface area contributed by atoms with Crippen molar-refractivity contribution in [2.45, 2.75) is 38.4 Å². The zero-order valence-electron chi connectivity index (χ0n) is 8.84. The van der Waals surface area contributed by atoms with Gasteiger partial charge in [0.15, 0.2) is 9.84 Å². The average Bonchev–Trinajstić information content (AvgIpc) is 2.02. The minimum atomic E-state index is -2.86. The highest BCUT2D eigenvalue weighted by Crippen LogP contribution is 1.96. The van der Waals surface area contributed by atoms with Crippen molar-refractivity contribution in [1.29, 1.82) is 0 Å². The van der Waals surface area contributed by atoms with Crippen molar-refractivity contribution in [3.63, 3.8) is 0 Å². The van der Waals surface area contributed by atoms with Gasteiger partial charge in [0.2, 0.25) is 0 Å². The number of nitrogens with one attached hydrogen (secondary N) is 1.